The number of carbonyl (C=O) groups excluding carboxylic acids is 1. The summed E-state index contributed by atoms with van der Waals surface area (Å²) in [5.41, 5.74) is -0.966. The van der Waals surface area contributed by atoms with Gasteiger partial charge in [0.2, 0.25) is 0 Å². The Morgan fingerprint density at radius 1 is 1.30 bits per heavy atom. The number of amides is 1. The van der Waals surface area contributed by atoms with E-state index in [1.54, 1.807) is 4.90 Å². The normalized spacial score (nSPS) is 23.5. The summed E-state index contributed by atoms with van der Waals surface area (Å²) in [5.74, 6) is -1.73. The number of rotatable bonds is 1. The molecule has 146 valence electrons. The number of hydrogen-bond acceptors (Lipinski definition) is 4. The zero-order valence-corrected chi connectivity index (χ0v) is 15.7. The van der Waals surface area contributed by atoms with E-state index in [4.69, 9.17) is 16.0 Å². The third-order valence-corrected chi connectivity index (χ3v) is 4.70. The van der Waals surface area contributed by atoms with Crippen LogP contribution in [0.15, 0.2) is 12.1 Å². The molecule has 0 aromatic heterocycles. The van der Waals surface area contributed by atoms with Gasteiger partial charge >= 0.3 is 6.09 Å². The minimum Gasteiger partial charge on any atom is -0.444 e. The van der Waals surface area contributed by atoms with Crippen LogP contribution in [0.4, 0.5) is 19.3 Å². The summed E-state index contributed by atoms with van der Waals surface area (Å²) in [4.78, 5) is 19.0. The summed E-state index contributed by atoms with van der Waals surface area (Å²) in [7, 11) is 0. The van der Waals surface area contributed by atoms with E-state index in [1.807, 2.05) is 20.8 Å². The number of fused-ring (bicyclic) bond motifs is 1. The maximum atomic E-state index is 14.4. The zero-order valence-electron chi connectivity index (χ0n) is 15.7. The Kier molecular flexibility index (Phi) is 5.36. The minimum absolute atomic E-state index is 0.00800. The molecule has 0 aliphatic carbocycles. The van der Waals surface area contributed by atoms with Crippen LogP contribution in [-0.4, -0.2) is 60.3 Å². The summed E-state index contributed by atoms with van der Waals surface area (Å²) < 4.78 is 39.2. The predicted molar refractivity (Wildman–Crippen MR) is 94.5 cm³/mol. The molecule has 2 saturated heterocycles. The molecule has 2 aliphatic heterocycles. The summed E-state index contributed by atoms with van der Waals surface area (Å²) in [6, 6.07) is 2.43. The topological polar surface area (TPSA) is 46.4 Å². The van der Waals surface area contributed by atoms with Crippen molar-refractivity contribution in [2.75, 3.05) is 32.8 Å². The van der Waals surface area contributed by atoms with Gasteiger partial charge in [-0.15, -0.1) is 0 Å². The molecule has 0 radical (unpaired) electrons. The van der Waals surface area contributed by atoms with Crippen molar-refractivity contribution in [1.82, 2.24) is 9.80 Å². The third kappa shape index (κ3) is 4.20. The van der Waals surface area contributed by atoms with Crippen LogP contribution in [0.2, 0.25) is 0 Å². The van der Waals surface area contributed by atoms with E-state index >= 15 is 0 Å². The first kappa shape index (κ1) is 19.5. The molecule has 2 atom stereocenters. The van der Waals surface area contributed by atoms with E-state index in [1.165, 1.54) is 6.07 Å². The molecule has 0 bridgehead atoms. The molecule has 1 amide bonds. The van der Waals surface area contributed by atoms with Crippen LogP contribution in [0.1, 0.15) is 32.4 Å². The molecule has 0 unspecified atom stereocenters. The maximum absolute atomic E-state index is 14.4. The Bertz CT molecular complexity index is 773. The first-order valence-corrected chi connectivity index (χ1v) is 8.88. The van der Waals surface area contributed by atoms with E-state index in [9.17, 15) is 13.6 Å². The van der Waals surface area contributed by atoms with Crippen molar-refractivity contribution >= 4 is 11.8 Å². The highest BCUT2D eigenvalue weighted by molar-refractivity contribution is 5.68. The van der Waals surface area contributed by atoms with Gasteiger partial charge in [-0.25, -0.2) is 18.4 Å². The van der Waals surface area contributed by atoms with Crippen LogP contribution in [0.5, 0.6) is 0 Å². The average molecular weight is 379 g/mol. The van der Waals surface area contributed by atoms with Crippen LogP contribution < -0.4 is 0 Å². The highest BCUT2D eigenvalue weighted by Gasteiger charge is 2.37. The summed E-state index contributed by atoms with van der Waals surface area (Å²) >= 11 is 0. The van der Waals surface area contributed by atoms with Crippen molar-refractivity contribution in [1.29, 1.82) is 0 Å². The van der Waals surface area contributed by atoms with Gasteiger partial charge in [-0.05, 0) is 26.8 Å². The van der Waals surface area contributed by atoms with Crippen LogP contribution in [-0.2, 0) is 9.47 Å². The quantitative estimate of drug-likeness (QED) is 0.701. The maximum Gasteiger partial charge on any atom is 0.410 e. The second-order valence-electron chi connectivity index (χ2n) is 7.81. The number of morpholine rings is 1. The Labute approximate surface area is 157 Å². The fraction of sp³-hybridized carbons (Fsp3) is 0.579. The molecule has 1 aromatic rings. The molecule has 2 heterocycles. The smallest absolute Gasteiger partial charge is 0.410 e. The van der Waals surface area contributed by atoms with Crippen LogP contribution in [0.3, 0.4) is 0 Å². The first-order chi connectivity index (χ1) is 12.7. The minimum atomic E-state index is -0.870. The number of carbonyl (C=O) groups is 1. The number of hydrogen-bond donors (Lipinski definition) is 0. The molecule has 8 heteroatoms. The van der Waals surface area contributed by atoms with Gasteiger partial charge in [0.1, 0.15) is 17.2 Å². The Morgan fingerprint density at radius 3 is 2.70 bits per heavy atom. The fourth-order valence-electron chi connectivity index (χ4n) is 3.37. The van der Waals surface area contributed by atoms with Crippen molar-refractivity contribution in [3.8, 4) is 0 Å². The van der Waals surface area contributed by atoms with Crippen molar-refractivity contribution in [2.45, 2.75) is 38.5 Å². The highest BCUT2D eigenvalue weighted by atomic mass is 19.1. The summed E-state index contributed by atoms with van der Waals surface area (Å²) in [5, 5.41) is 0. The number of nitrogens with zero attached hydrogens (tertiary/aromatic N) is 3. The van der Waals surface area contributed by atoms with Crippen molar-refractivity contribution in [3.63, 3.8) is 0 Å². The van der Waals surface area contributed by atoms with Gasteiger partial charge in [-0.1, -0.05) is 6.07 Å². The molecule has 1 aromatic carbocycles. The van der Waals surface area contributed by atoms with Gasteiger partial charge < -0.3 is 14.4 Å². The van der Waals surface area contributed by atoms with Gasteiger partial charge in [0.05, 0.1) is 25.3 Å². The van der Waals surface area contributed by atoms with Crippen LogP contribution in [0, 0.1) is 18.2 Å². The highest BCUT2D eigenvalue weighted by Crippen LogP contribution is 2.33. The molecular formula is C19H23F2N3O3. The van der Waals surface area contributed by atoms with E-state index in [0.29, 0.717) is 32.8 Å². The lowest BCUT2D eigenvalue weighted by Crippen LogP contribution is -2.60. The molecule has 6 nitrogen and oxygen atoms in total. The van der Waals surface area contributed by atoms with Crippen LogP contribution >= 0.6 is 0 Å². The lowest BCUT2D eigenvalue weighted by atomic mass is 10.0. The second-order valence-corrected chi connectivity index (χ2v) is 7.81. The zero-order chi connectivity index (χ0) is 19.8. The Hall–Kier alpha value is -2.24. The second kappa shape index (κ2) is 7.41. The lowest BCUT2D eigenvalue weighted by Gasteiger charge is -2.46. The standard InChI is InChI=1S/C19H23F2N3O3/c1-19(2,3)27-18(25)24-8-7-23-10-15(26-11-12(23)9-24)13-5-6-14(20)17(22-4)16(13)21/h5-6,12,15H,7-11H2,1-3H3/t12-,15-/m0/s1. The summed E-state index contributed by atoms with van der Waals surface area (Å²) in [6.45, 7) is 14.8. The first-order valence-electron chi connectivity index (χ1n) is 8.88. The van der Waals surface area contributed by atoms with E-state index in [0.717, 1.165) is 6.07 Å². The van der Waals surface area contributed by atoms with Gasteiger partial charge in [0.25, 0.3) is 5.69 Å². The molecule has 0 spiro atoms. The lowest BCUT2D eigenvalue weighted by molar-refractivity contribution is -0.0915. The van der Waals surface area contributed by atoms with E-state index in [2.05, 4.69) is 9.74 Å². The van der Waals surface area contributed by atoms with Crippen molar-refractivity contribution in [3.05, 3.63) is 40.7 Å². The Morgan fingerprint density at radius 2 is 2.04 bits per heavy atom. The monoisotopic (exact) mass is 379 g/mol. The SMILES string of the molecule is [C-]#[N+]c1c(F)ccc([C@@H]2CN3CCN(C(=O)OC(C)(C)C)C[C@H]3CO2)c1F. The van der Waals surface area contributed by atoms with Crippen molar-refractivity contribution in [2.24, 2.45) is 0 Å². The Balaban J connectivity index is 1.67. The molecule has 0 N–H and O–H groups in total. The molecular weight excluding hydrogens is 356 g/mol. The van der Waals surface area contributed by atoms with E-state index in [-0.39, 0.29) is 17.7 Å². The number of benzene rings is 1. The predicted octanol–water partition coefficient (Wildman–Crippen LogP) is 3.51. The third-order valence-electron chi connectivity index (χ3n) is 4.70. The molecule has 0 saturated carbocycles. The van der Waals surface area contributed by atoms with Gasteiger partial charge in [0.15, 0.2) is 0 Å². The van der Waals surface area contributed by atoms with Crippen LogP contribution in [0.25, 0.3) is 4.85 Å². The summed E-state index contributed by atoms with van der Waals surface area (Å²) in [6.07, 6.45) is -0.925. The number of halogens is 2. The fourth-order valence-corrected chi connectivity index (χ4v) is 3.37. The van der Waals surface area contributed by atoms with Gasteiger partial charge in [0, 0.05) is 31.7 Å². The van der Waals surface area contributed by atoms with Gasteiger partial charge in [-0.2, -0.15) is 0 Å². The number of ether oxygens (including phenoxy) is 2. The number of piperazine rings is 1. The van der Waals surface area contributed by atoms with E-state index < -0.39 is 29.0 Å². The molecule has 2 aliphatic rings. The molecule has 3 rings (SSSR count). The van der Waals surface area contributed by atoms with Crippen molar-refractivity contribution < 1.29 is 23.0 Å². The average Bonchev–Trinajstić information content (AvgIpc) is 2.60. The van der Waals surface area contributed by atoms with Gasteiger partial charge in [-0.3, -0.25) is 4.90 Å². The molecule has 27 heavy (non-hydrogen) atoms. The molecule has 2 fully saturated rings. The largest absolute Gasteiger partial charge is 0.444 e.